The van der Waals surface area contributed by atoms with Crippen molar-refractivity contribution in [2.24, 2.45) is 11.8 Å². The number of hydrogen-bond acceptors (Lipinski definition) is 9. The molecule has 0 saturated carbocycles. The number of alkyl carbamates (subject to hydrolysis) is 2. The highest BCUT2D eigenvalue weighted by Gasteiger charge is 2.45. The summed E-state index contributed by atoms with van der Waals surface area (Å²) in [6, 6.07) is 16.5. The van der Waals surface area contributed by atoms with E-state index in [0.29, 0.717) is 25.2 Å². The highest BCUT2D eigenvalue weighted by molar-refractivity contribution is 5.92. The van der Waals surface area contributed by atoms with Crippen molar-refractivity contribution in [3.8, 4) is 33.6 Å². The SMILES string of the molecule is COC(=O)N[C@H](C(=O)N1CCC[C@H]1c1ncc(-c2ccc(-c3ccc4cc(-c5cnc([C@@H]6CCCN6C(=O)[C@H](NC(=O)OC)C(C)C)[nH]5)ccc4c3)c3c2C2CCC3N2C)[nH]1)C(C)C. The molecule has 3 fully saturated rings. The van der Waals surface area contributed by atoms with Gasteiger partial charge in [0, 0.05) is 36.3 Å². The number of methoxy groups -OCH3 is 2. The van der Waals surface area contributed by atoms with Crippen molar-refractivity contribution >= 4 is 34.8 Å². The number of nitrogens with one attached hydrogen (secondary N) is 4. The van der Waals surface area contributed by atoms with Gasteiger partial charge in [-0.2, -0.15) is 0 Å². The molecule has 336 valence electrons. The first-order chi connectivity index (χ1) is 30.9. The fraction of sp³-hybridized carbons (Fsp3) is 0.469. The molecule has 0 aliphatic carbocycles. The lowest BCUT2D eigenvalue weighted by Gasteiger charge is -2.30. The second kappa shape index (κ2) is 17.4. The molecular formula is C49H59N9O6. The standard InChI is InChI=1S/C49H59N9O6/c1-26(2)42(54-48(61)63-6)46(59)57-20-8-10-38(57)44-50-24-34(52-44)31-15-13-28-22-30(14-12-29(28)23-31)32-16-17-33(41-37-19-18-36(40(32)41)56(37)5)35-25-51-45(53-35)39-11-9-21-58(39)47(60)43(27(3)4)55-49(62)64-7/h12-17,22-27,36-39,42-43H,8-11,18-21H2,1-7H3,(H,50,52)(H,51,53)(H,54,61)(H,55,62)/t36?,37?,38-,39-,42+,43-/m0/s1. The summed E-state index contributed by atoms with van der Waals surface area (Å²) in [6.45, 7) is 8.87. The number of amides is 4. The van der Waals surface area contributed by atoms with E-state index >= 15 is 0 Å². The number of ether oxygens (including phenoxy) is 2. The molecule has 5 aromatic rings. The smallest absolute Gasteiger partial charge is 0.407 e. The van der Waals surface area contributed by atoms with Gasteiger partial charge in [0.25, 0.3) is 0 Å². The summed E-state index contributed by atoms with van der Waals surface area (Å²) in [6.07, 6.45) is 8.00. The largest absolute Gasteiger partial charge is 0.453 e. The molecule has 9 rings (SSSR count). The van der Waals surface area contributed by atoms with Crippen LogP contribution < -0.4 is 10.6 Å². The zero-order chi connectivity index (χ0) is 45.0. The van der Waals surface area contributed by atoms with Gasteiger partial charge in [-0.05, 0) is 103 Å². The lowest BCUT2D eigenvalue weighted by Crippen LogP contribution is -2.51. The van der Waals surface area contributed by atoms with Crippen LogP contribution in [-0.2, 0) is 19.1 Å². The number of carbonyl (C=O) groups is 4. The van der Waals surface area contributed by atoms with Gasteiger partial charge in [0.1, 0.15) is 23.7 Å². The zero-order valence-electron chi connectivity index (χ0n) is 37.7. The number of aromatic amines is 2. The van der Waals surface area contributed by atoms with Crippen LogP contribution in [0.4, 0.5) is 9.59 Å². The summed E-state index contributed by atoms with van der Waals surface area (Å²) in [5.41, 5.74) is 9.11. The number of rotatable bonds is 11. The molecule has 15 nitrogen and oxygen atoms in total. The molecular weight excluding hydrogens is 811 g/mol. The van der Waals surface area contributed by atoms with Crippen molar-refractivity contribution in [2.75, 3.05) is 34.4 Å². The molecule has 4 aliphatic rings. The van der Waals surface area contributed by atoms with Crippen LogP contribution in [0.25, 0.3) is 44.4 Å². The highest BCUT2D eigenvalue weighted by Crippen LogP contribution is 2.57. The molecule has 6 heterocycles. The van der Waals surface area contributed by atoms with E-state index in [1.807, 2.05) is 49.9 Å². The number of fused-ring (bicyclic) bond motifs is 6. The second-order valence-corrected chi connectivity index (χ2v) is 18.5. The zero-order valence-corrected chi connectivity index (χ0v) is 37.7. The van der Waals surface area contributed by atoms with Crippen LogP contribution in [0.5, 0.6) is 0 Å². The summed E-state index contributed by atoms with van der Waals surface area (Å²) in [4.78, 5) is 74.7. The van der Waals surface area contributed by atoms with Crippen molar-refractivity contribution in [3.05, 3.63) is 83.7 Å². The van der Waals surface area contributed by atoms with E-state index in [1.165, 1.54) is 36.5 Å². The van der Waals surface area contributed by atoms with Crippen molar-refractivity contribution in [3.63, 3.8) is 0 Å². The third-order valence-corrected chi connectivity index (χ3v) is 14.1. The molecule has 2 aromatic heterocycles. The minimum absolute atomic E-state index is 0.107. The predicted octanol–water partition coefficient (Wildman–Crippen LogP) is 8.20. The first kappa shape index (κ1) is 43.1. The molecule has 2 unspecified atom stereocenters. The van der Waals surface area contributed by atoms with Gasteiger partial charge < -0.3 is 39.9 Å². The lowest BCUT2D eigenvalue weighted by atomic mass is 9.82. The van der Waals surface area contributed by atoms with Gasteiger partial charge in [0.2, 0.25) is 11.8 Å². The average molecular weight is 870 g/mol. The number of benzene rings is 3. The Bertz CT molecular complexity index is 2600. The molecule has 3 aromatic carbocycles. The maximum absolute atomic E-state index is 13.8. The third kappa shape index (κ3) is 7.66. The molecule has 2 bridgehead atoms. The predicted molar refractivity (Wildman–Crippen MR) is 243 cm³/mol. The molecule has 4 N–H and O–H groups in total. The van der Waals surface area contributed by atoms with E-state index in [2.05, 4.69) is 81.1 Å². The Morgan fingerprint density at radius 2 is 1.09 bits per heavy atom. The summed E-state index contributed by atoms with van der Waals surface area (Å²) in [5.74, 6) is 1.02. The van der Waals surface area contributed by atoms with E-state index < -0.39 is 24.3 Å². The number of hydrogen-bond donors (Lipinski definition) is 4. The van der Waals surface area contributed by atoms with Crippen LogP contribution in [0.2, 0.25) is 0 Å². The number of nitrogens with zero attached hydrogens (tertiary/aromatic N) is 5. The Hall–Kier alpha value is -6.22. The molecule has 0 spiro atoms. The first-order valence-corrected chi connectivity index (χ1v) is 22.7. The summed E-state index contributed by atoms with van der Waals surface area (Å²) in [5, 5.41) is 7.71. The van der Waals surface area contributed by atoms with Crippen LogP contribution in [-0.4, -0.2) is 105 Å². The maximum Gasteiger partial charge on any atom is 0.407 e. The number of H-pyrrole nitrogens is 2. The lowest BCUT2D eigenvalue weighted by molar-refractivity contribution is -0.136. The Morgan fingerprint density at radius 3 is 1.62 bits per heavy atom. The monoisotopic (exact) mass is 869 g/mol. The van der Waals surface area contributed by atoms with E-state index in [4.69, 9.17) is 19.4 Å². The van der Waals surface area contributed by atoms with Gasteiger partial charge in [-0.3, -0.25) is 14.5 Å². The maximum atomic E-state index is 13.8. The van der Waals surface area contributed by atoms with Crippen LogP contribution in [0.15, 0.2) is 60.9 Å². The third-order valence-electron chi connectivity index (χ3n) is 14.1. The Kier molecular flexibility index (Phi) is 11.7. The highest BCUT2D eigenvalue weighted by atomic mass is 16.5. The summed E-state index contributed by atoms with van der Waals surface area (Å²) in [7, 11) is 4.84. The molecule has 4 amide bonds. The van der Waals surface area contributed by atoms with Crippen molar-refractivity contribution in [1.82, 2.24) is 45.3 Å². The molecule has 4 aliphatic heterocycles. The molecule has 15 heteroatoms. The van der Waals surface area contributed by atoms with Gasteiger partial charge in [-0.1, -0.05) is 64.1 Å². The topological polar surface area (TPSA) is 178 Å². The minimum Gasteiger partial charge on any atom is -0.453 e. The van der Waals surface area contributed by atoms with Crippen LogP contribution in [0.3, 0.4) is 0 Å². The van der Waals surface area contributed by atoms with Crippen LogP contribution in [0.1, 0.15) is 113 Å². The van der Waals surface area contributed by atoms with Crippen LogP contribution in [0, 0.1) is 11.8 Å². The first-order valence-electron chi connectivity index (χ1n) is 22.7. The second-order valence-electron chi connectivity index (χ2n) is 18.5. The Morgan fingerprint density at radius 1 is 0.625 bits per heavy atom. The van der Waals surface area contributed by atoms with E-state index in [9.17, 15) is 19.2 Å². The molecule has 0 radical (unpaired) electrons. The van der Waals surface area contributed by atoms with Crippen molar-refractivity contribution in [2.45, 2.75) is 102 Å². The fourth-order valence-corrected chi connectivity index (χ4v) is 10.7. The Balaban J connectivity index is 0.964. The van der Waals surface area contributed by atoms with Gasteiger partial charge in [-0.25, -0.2) is 19.6 Å². The normalized spacial score (nSPS) is 21.5. The summed E-state index contributed by atoms with van der Waals surface area (Å²) < 4.78 is 9.62. The minimum atomic E-state index is -0.692. The number of imidazole rings is 2. The quantitative estimate of drug-likeness (QED) is 0.102. The van der Waals surface area contributed by atoms with E-state index in [-0.39, 0.29) is 35.7 Å². The molecule has 3 saturated heterocycles. The number of carbonyl (C=O) groups excluding carboxylic acids is 4. The number of likely N-dealkylation sites (tertiary alicyclic amines) is 2. The number of aromatic nitrogens is 4. The van der Waals surface area contributed by atoms with E-state index in [0.717, 1.165) is 83.5 Å². The molecule has 6 atom stereocenters. The molecule has 64 heavy (non-hydrogen) atoms. The van der Waals surface area contributed by atoms with Gasteiger partial charge in [0.15, 0.2) is 0 Å². The Labute approximate surface area is 373 Å². The van der Waals surface area contributed by atoms with Gasteiger partial charge in [0.05, 0.1) is 50.1 Å². The van der Waals surface area contributed by atoms with Crippen molar-refractivity contribution < 1.29 is 28.7 Å². The fourth-order valence-electron chi connectivity index (χ4n) is 10.7. The van der Waals surface area contributed by atoms with Gasteiger partial charge in [-0.15, -0.1) is 0 Å². The average Bonchev–Trinajstić information content (AvgIpc) is 4.17. The summed E-state index contributed by atoms with van der Waals surface area (Å²) >= 11 is 0. The van der Waals surface area contributed by atoms with Crippen molar-refractivity contribution in [1.29, 1.82) is 0 Å². The van der Waals surface area contributed by atoms with E-state index in [1.54, 1.807) is 0 Å². The van der Waals surface area contributed by atoms with Crippen LogP contribution >= 0.6 is 0 Å². The van der Waals surface area contributed by atoms with Gasteiger partial charge >= 0.3 is 12.2 Å².